The minimum absolute atomic E-state index is 0.428. The summed E-state index contributed by atoms with van der Waals surface area (Å²) in [7, 11) is 1.63. The molecule has 0 aliphatic carbocycles. The van der Waals surface area contributed by atoms with E-state index in [0.29, 0.717) is 12.1 Å². The quantitative estimate of drug-likeness (QED) is 0.837. The second kappa shape index (κ2) is 5.47. The van der Waals surface area contributed by atoms with Gasteiger partial charge in [-0.3, -0.25) is 4.79 Å². The van der Waals surface area contributed by atoms with Crippen LogP contribution in [-0.4, -0.2) is 13.4 Å². The van der Waals surface area contributed by atoms with Crippen molar-refractivity contribution >= 4 is 6.29 Å². The third kappa shape index (κ3) is 2.41. The van der Waals surface area contributed by atoms with Crippen LogP contribution in [0.4, 0.5) is 0 Å². The molecule has 2 aromatic carbocycles. The fraction of sp³-hybridized carbons (Fsp3) is 0.133. The summed E-state index contributed by atoms with van der Waals surface area (Å²) in [5.74, 6) is 0.783. The molecule has 3 nitrogen and oxygen atoms in total. The van der Waals surface area contributed by atoms with Gasteiger partial charge in [-0.2, -0.15) is 0 Å². The molecule has 0 spiro atoms. The molecule has 2 N–H and O–H groups in total. The molecule has 0 unspecified atom stereocenters. The summed E-state index contributed by atoms with van der Waals surface area (Å²) in [6.45, 7) is 0.428. The normalized spacial score (nSPS) is 10.1. The lowest BCUT2D eigenvalue weighted by Crippen LogP contribution is -2.00. The number of ether oxygens (including phenoxy) is 1. The van der Waals surface area contributed by atoms with Gasteiger partial charge in [0, 0.05) is 12.1 Å². The molecule has 0 heterocycles. The summed E-state index contributed by atoms with van der Waals surface area (Å²) in [6.07, 6.45) is 0.842. The van der Waals surface area contributed by atoms with Gasteiger partial charge in [0.1, 0.15) is 12.0 Å². The number of rotatable bonds is 4. The first-order valence-electron chi connectivity index (χ1n) is 5.71. The highest BCUT2D eigenvalue weighted by molar-refractivity contribution is 5.79. The molecule has 92 valence electrons. The maximum Gasteiger partial charge on any atom is 0.150 e. The molecule has 2 aromatic rings. The Labute approximate surface area is 106 Å². The van der Waals surface area contributed by atoms with E-state index in [1.54, 1.807) is 13.2 Å². The van der Waals surface area contributed by atoms with Crippen LogP contribution in [0.15, 0.2) is 42.5 Å². The van der Waals surface area contributed by atoms with Gasteiger partial charge in [-0.15, -0.1) is 0 Å². The summed E-state index contributed by atoms with van der Waals surface area (Å²) >= 11 is 0. The van der Waals surface area contributed by atoms with Gasteiger partial charge < -0.3 is 10.5 Å². The zero-order valence-electron chi connectivity index (χ0n) is 10.2. The van der Waals surface area contributed by atoms with Gasteiger partial charge in [-0.25, -0.2) is 0 Å². The van der Waals surface area contributed by atoms with Crippen LogP contribution in [0.3, 0.4) is 0 Å². The van der Waals surface area contributed by atoms with Crippen molar-refractivity contribution in [3.63, 3.8) is 0 Å². The molecule has 0 bridgehead atoms. The minimum Gasteiger partial charge on any atom is -0.497 e. The van der Waals surface area contributed by atoms with E-state index < -0.39 is 0 Å². The lowest BCUT2D eigenvalue weighted by molar-refractivity contribution is 0.112. The average Bonchev–Trinajstić information content (AvgIpc) is 2.46. The Morgan fingerprint density at radius 3 is 2.72 bits per heavy atom. The van der Waals surface area contributed by atoms with Crippen LogP contribution >= 0.6 is 0 Å². The highest BCUT2D eigenvalue weighted by atomic mass is 16.5. The summed E-state index contributed by atoms with van der Waals surface area (Å²) in [5, 5.41) is 0. The predicted octanol–water partition coefficient (Wildman–Crippen LogP) is 2.63. The van der Waals surface area contributed by atoms with E-state index in [4.69, 9.17) is 10.5 Å². The molecule has 0 aliphatic rings. The Morgan fingerprint density at radius 2 is 2.06 bits per heavy atom. The molecule has 0 aromatic heterocycles. The van der Waals surface area contributed by atoms with E-state index >= 15 is 0 Å². The van der Waals surface area contributed by atoms with Gasteiger partial charge in [0.25, 0.3) is 0 Å². The van der Waals surface area contributed by atoms with Crippen LogP contribution < -0.4 is 10.5 Å². The largest absolute Gasteiger partial charge is 0.497 e. The first kappa shape index (κ1) is 12.3. The van der Waals surface area contributed by atoms with Crippen molar-refractivity contribution < 1.29 is 9.53 Å². The van der Waals surface area contributed by atoms with Crippen molar-refractivity contribution in [3.05, 3.63) is 53.6 Å². The number of aldehydes is 1. The maximum absolute atomic E-state index is 10.8. The second-order valence-corrected chi connectivity index (χ2v) is 3.97. The summed E-state index contributed by atoms with van der Waals surface area (Å²) in [4.78, 5) is 10.8. The SMILES string of the molecule is COc1ccc(-c2cccc(C=O)c2)c(CN)c1. The highest BCUT2D eigenvalue weighted by Crippen LogP contribution is 2.27. The van der Waals surface area contributed by atoms with Crippen molar-refractivity contribution in [2.45, 2.75) is 6.54 Å². The summed E-state index contributed by atoms with van der Waals surface area (Å²) in [5.41, 5.74) is 9.43. The number of methoxy groups -OCH3 is 1. The van der Waals surface area contributed by atoms with E-state index in [1.165, 1.54) is 0 Å². The first-order valence-corrected chi connectivity index (χ1v) is 5.71. The van der Waals surface area contributed by atoms with Crippen LogP contribution in [0.1, 0.15) is 15.9 Å². The van der Waals surface area contributed by atoms with Gasteiger partial charge >= 0.3 is 0 Å². The van der Waals surface area contributed by atoms with Crippen LogP contribution in [0.25, 0.3) is 11.1 Å². The number of carbonyl (C=O) groups is 1. The Balaban J connectivity index is 2.52. The van der Waals surface area contributed by atoms with Gasteiger partial charge in [0.15, 0.2) is 0 Å². The third-order valence-electron chi connectivity index (χ3n) is 2.87. The van der Waals surface area contributed by atoms with Crippen LogP contribution in [0.5, 0.6) is 5.75 Å². The maximum atomic E-state index is 10.8. The summed E-state index contributed by atoms with van der Waals surface area (Å²) in [6, 6.07) is 13.2. The number of hydrogen-bond donors (Lipinski definition) is 1. The van der Waals surface area contributed by atoms with Crippen molar-refractivity contribution in [2.24, 2.45) is 5.73 Å². The van der Waals surface area contributed by atoms with Crippen LogP contribution in [0, 0.1) is 0 Å². The lowest BCUT2D eigenvalue weighted by atomic mass is 9.98. The van der Waals surface area contributed by atoms with Crippen molar-refractivity contribution in [3.8, 4) is 16.9 Å². The molecule has 0 aliphatic heterocycles. The van der Waals surface area contributed by atoms with Crippen molar-refractivity contribution in [2.75, 3.05) is 7.11 Å². The third-order valence-corrected chi connectivity index (χ3v) is 2.87. The molecular weight excluding hydrogens is 226 g/mol. The molecule has 0 saturated carbocycles. The summed E-state index contributed by atoms with van der Waals surface area (Å²) < 4.78 is 5.18. The monoisotopic (exact) mass is 241 g/mol. The van der Waals surface area contributed by atoms with E-state index in [-0.39, 0.29) is 0 Å². The average molecular weight is 241 g/mol. The molecule has 0 amide bonds. The zero-order chi connectivity index (χ0) is 13.0. The van der Waals surface area contributed by atoms with Crippen molar-refractivity contribution in [1.82, 2.24) is 0 Å². The molecule has 2 rings (SSSR count). The number of hydrogen-bond acceptors (Lipinski definition) is 3. The molecular formula is C15H15NO2. The Morgan fingerprint density at radius 1 is 1.22 bits per heavy atom. The number of benzene rings is 2. The number of nitrogens with two attached hydrogens (primary N) is 1. The Hall–Kier alpha value is -2.13. The van der Waals surface area contributed by atoms with Crippen LogP contribution in [-0.2, 0) is 6.54 Å². The number of carbonyl (C=O) groups excluding carboxylic acids is 1. The fourth-order valence-corrected chi connectivity index (χ4v) is 1.93. The predicted molar refractivity (Wildman–Crippen MR) is 71.7 cm³/mol. The fourth-order valence-electron chi connectivity index (χ4n) is 1.93. The van der Waals surface area contributed by atoms with E-state index in [2.05, 4.69) is 0 Å². The van der Waals surface area contributed by atoms with E-state index in [0.717, 1.165) is 28.7 Å². The Kier molecular flexibility index (Phi) is 3.75. The molecule has 18 heavy (non-hydrogen) atoms. The minimum atomic E-state index is 0.428. The molecule has 0 saturated heterocycles. The highest BCUT2D eigenvalue weighted by Gasteiger charge is 2.06. The van der Waals surface area contributed by atoms with Crippen LogP contribution in [0.2, 0.25) is 0 Å². The smallest absolute Gasteiger partial charge is 0.150 e. The lowest BCUT2D eigenvalue weighted by Gasteiger charge is -2.10. The standard InChI is InChI=1S/C15H15NO2/c1-18-14-5-6-15(13(8-14)9-16)12-4-2-3-11(7-12)10-17/h2-8,10H,9,16H2,1H3. The molecule has 0 radical (unpaired) electrons. The van der Waals surface area contributed by atoms with Gasteiger partial charge in [-0.05, 0) is 34.9 Å². The van der Waals surface area contributed by atoms with Gasteiger partial charge in [-0.1, -0.05) is 24.3 Å². The van der Waals surface area contributed by atoms with Crippen molar-refractivity contribution in [1.29, 1.82) is 0 Å². The van der Waals surface area contributed by atoms with E-state index in [9.17, 15) is 4.79 Å². The zero-order valence-corrected chi connectivity index (χ0v) is 10.2. The molecule has 0 atom stereocenters. The Bertz CT molecular complexity index is 564. The van der Waals surface area contributed by atoms with E-state index in [1.807, 2.05) is 36.4 Å². The second-order valence-electron chi connectivity index (χ2n) is 3.97. The molecule has 3 heteroatoms. The first-order chi connectivity index (χ1) is 8.78. The van der Waals surface area contributed by atoms with Gasteiger partial charge in [0.05, 0.1) is 7.11 Å². The van der Waals surface area contributed by atoms with Gasteiger partial charge in [0.2, 0.25) is 0 Å². The molecule has 0 fully saturated rings. The topological polar surface area (TPSA) is 52.3 Å².